The summed E-state index contributed by atoms with van der Waals surface area (Å²) < 4.78 is 49.4. The summed E-state index contributed by atoms with van der Waals surface area (Å²) in [6.45, 7) is 1.20. The van der Waals surface area contributed by atoms with Crippen LogP contribution in [0.15, 0.2) is 42.5 Å². The van der Waals surface area contributed by atoms with Gasteiger partial charge in [0.1, 0.15) is 23.3 Å². The van der Waals surface area contributed by atoms with Gasteiger partial charge in [-0.1, -0.05) is 6.07 Å². The van der Waals surface area contributed by atoms with Crippen LogP contribution in [0.25, 0.3) is 0 Å². The van der Waals surface area contributed by atoms with Gasteiger partial charge in [-0.2, -0.15) is 13.2 Å². The Kier molecular flexibility index (Phi) is 6.19. The predicted molar refractivity (Wildman–Crippen MR) is 104 cm³/mol. The molecule has 1 N–H and O–H groups in total. The lowest BCUT2D eigenvalue weighted by molar-refractivity contribution is -0.145. The van der Waals surface area contributed by atoms with Gasteiger partial charge in [0.05, 0.1) is 18.4 Å². The number of imide groups is 1. The normalized spacial score (nSPS) is 16.2. The second kappa shape index (κ2) is 8.66. The first kappa shape index (κ1) is 22.1. The third-order valence-corrected chi connectivity index (χ3v) is 4.68. The number of carbonyl (C=O) groups is 3. The van der Waals surface area contributed by atoms with Gasteiger partial charge in [0.25, 0.3) is 0 Å². The summed E-state index contributed by atoms with van der Waals surface area (Å²) in [7, 11) is 1.37. The van der Waals surface area contributed by atoms with Crippen LogP contribution in [-0.2, 0) is 20.6 Å². The fourth-order valence-electron chi connectivity index (χ4n) is 3.26. The van der Waals surface area contributed by atoms with Crippen LogP contribution < -0.4 is 14.8 Å². The number of benzene rings is 2. The van der Waals surface area contributed by atoms with Crippen molar-refractivity contribution >= 4 is 23.4 Å². The molecule has 0 spiro atoms. The van der Waals surface area contributed by atoms with Gasteiger partial charge >= 0.3 is 6.18 Å². The van der Waals surface area contributed by atoms with Crippen molar-refractivity contribution in [3.63, 3.8) is 0 Å². The molecule has 1 aliphatic rings. The molecule has 1 fully saturated rings. The fourth-order valence-corrected chi connectivity index (χ4v) is 3.26. The van der Waals surface area contributed by atoms with Crippen molar-refractivity contribution in [1.29, 1.82) is 0 Å². The Morgan fingerprint density at radius 2 is 1.84 bits per heavy atom. The van der Waals surface area contributed by atoms with Gasteiger partial charge in [0.2, 0.25) is 17.7 Å². The van der Waals surface area contributed by atoms with E-state index in [0.717, 1.165) is 17.0 Å². The zero-order valence-corrected chi connectivity index (χ0v) is 16.7. The molecule has 3 rings (SSSR count). The number of nitrogens with zero attached hydrogens (tertiary/aromatic N) is 1. The van der Waals surface area contributed by atoms with E-state index in [1.54, 1.807) is 0 Å². The second-order valence-electron chi connectivity index (χ2n) is 6.82. The zero-order chi connectivity index (χ0) is 22.8. The van der Waals surface area contributed by atoms with E-state index in [-0.39, 0.29) is 35.8 Å². The number of hydrogen-bond acceptors (Lipinski definition) is 5. The number of likely N-dealkylation sites (tertiary alicyclic amines) is 1. The Morgan fingerprint density at radius 1 is 1.13 bits per heavy atom. The number of methoxy groups -OCH3 is 1. The number of nitrogens with one attached hydrogen (secondary N) is 1. The molecule has 10 heteroatoms. The van der Waals surface area contributed by atoms with Crippen molar-refractivity contribution in [2.45, 2.75) is 32.0 Å². The van der Waals surface area contributed by atoms with Crippen LogP contribution in [0.4, 0.5) is 18.9 Å². The number of anilines is 1. The summed E-state index contributed by atoms with van der Waals surface area (Å²) in [5.41, 5.74) is -0.679. The Labute approximate surface area is 175 Å². The van der Waals surface area contributed by atoms with Gasteiger partial charge in [0, 0.05) is 19.4 Å². The maximum atomic E-state index is 12.9. The monoisotopic (exact) mass is 436 g/mol. The molecule has 1 heterocycles. The highest BCUT2D eigenvalue weighted by Gasteiger charge is 2.38. The maximum Gasteiger partial charge on any atom is 0.416 e. The predicted octanol–water partition coefficient (Wildman–Crippen LogP) is 3.98. The molecule has 2 aromatic carbocycles. The molecule has 2 aromatic rings. The summed E-state index contributed by atoms with van der Waals surface area (Å²) in [6, 6.07) is 7.74. The van der Waals surface area contributed by atoms with Crippen LogP contribution in [0.5, 0.6) is 17.2 Å². The summed E-state index contributed by atoms with van der Waals surface area (Å²) in [6.07, 6.45) is -4.25. The van der Waals surface area contributed by atoms with Gasteiger partial charge in [-0.05, 0) is 36.8 Å². The summed E-state index contributed by atoms with van der Waals surface area (Å²) in [5.74, 6) is -1.17. The largest absolute Gasteiger partial charge is 0.495 e. The Morgan fingerprint density at radius 3 is 2.48 bits per heavy atom. The Balaban J connectivity index is 1.82. The van der Waals surface area contributed by atoms with E-state index in [0.29, 0.717) is 0 Å². The van der Waals surface area contributed by atoms with E-state index in [4.69, 9.17) is 9.47 Å². The molecule has 31 heavy (non-hydrogen) atoms. The van der Waals surface area contributed by atoms with Gasteiger partial charge < -0.3 is 14.8 Å². The van der Waals surface area contributed by atoms with Crippen LogP contribution in [0.1, 0.15) is 25.3 Å². The van der Waals surface area contributed by atoms with E-state index >= 15 is 0 Å². The lowest BCUT2D eigenvalue weighted by Crippen LogP contribution is -2.44. The van der Waals surface area contributed by atoms with Crippen molar-refractivity contribution in [3.8, 4) is 17.2 Å². The van der Waals surface area contributed by atoms with Crippen molar-refractivity contribution in [2.75, 3.05) is 12.4 Å². The lowest BCUT2D eigenvalue weighted by Gasteiger charge is -2.21. The number of amides is 3. The second-order valence-corrected chi connectivity index (χ2v) is 6.82. The number of hydrogen-bond donors (Lipinski definition) is 1. The molecule has 0 aliphatic carbocycles. The smallest absolute Gasteiger partial charge is 0.416 e. The molecule has 7 nitrogen and oxygen atoms in total. The van der Waals surface area contributed by atoms with Crippen molar-refractivity contribution in [2.24, 2.45) is 0 Å². The van der Waals surface area contributed by atoms with E-state index in [2.05, 4.69) is 5.32 Å². The van der Waals surface area contributed by atoms with Crippen LogP contribution in [0.2, 0.25) is 0 Å². The van der Waals surface area contributed by atoms with Gasteiger partial charge in [-0.25, -0.2) is 0 Å². The van der Waals surface area contributed by atoms with Crippen molar-refractivity contribution in [1.82, 2.24) is 4.90 Å². The van der Waals surface area contributed by atoms with Gasteiger partial charge in [-0.3, -0.25) is 19.3 Å². The number of rotatable bonds is 5. The molecule has 1 aliphatic heterocycles. The van der Waals surface area contributed by atoms with Gasteiger partial charge in [0.15, 0.2) is 0 Å². The SMILES string of the molecule is COc1ccc(Oc2cccc(C(F)(F)F)c2)cc1NC(=O)[C@@H]1CCC(=O)N1C(C)=O. The average molecular weight is 436 g/mol. The average Bonchev–Trinajstić information content (AvgIpc) is 3.10. The number of alkyl halides is 3. The molecule has 3 amide bonds. The Hall–Kier alpha value is -3.56. The van der Waals surface area contributed by atoms with Crippen LogP contribution in [0.3, 0.4) is 0 Å². The number of ether oxygens (including phenoxy) is 2. The molecular formula is C21H19F3N2O5. The van der Waals surface area contributed by atoms with Crippen LogP contribution in [0, 0.1) is 0 Å². The topological polar surface area (TPSA) is 84.9 Å². The first-order valence-corrected chi connectivity index (χ1v) is 9.27. The highest BCUT2D eigenvalue weighted by atomic mass is 19.4. The van der Waals surface area contributed by atoms with E-state index in [1.165, 1.54) is 44.4 Å². The molecule has 0 bridgehead atoms. The first-order chi connectivity index (χ1) is 14.6. The summed E-state index contributed by atoms with van der Waals surface area (Å²) >= 11 is 0. The molecule has 0 unspecified atom stereocenters. The third-order valence-electron chi connectivity index (χ3n) is 4.68. The number of carbonyl (C=O) groups excluding carboxylic acids is 3. The molecule has 1 atom stereocenters. The summed E-state index contributed by atoms with van der Waals surface area (Å²) in [5, 5.41) is 2.60. The molecule has 1 saturated heterocycles. The molecule has 164 valence electrons. The quantitative estimate of drug-likeness (QED) is 0.767. The van der Waals surface area contributed by atoms with Crippen LogP contribution >= 0.6 is 0 Å². The van der Waals surface area contributed by atoms with E-state index in [9.17, 15) is 27.6 Å². The minimum absolute atomic E-state index is 0.0404. The first-order valence-electron chi connectivity index (χ1n) is 9.27. The lowest BCUT2D eigenvalue weighted by atomic mass is 10.2. The molecule has 0 aromatic heterocycles. The maximum absolute atomic E-state index is 12.9. The van der Waals surface area contributed by atoms with E-state index < -0.39 is 35.5 Å². The fraction of sp³-hybridized carbons (Fsp3) is 0.286. The highest BCUT2D eigenvalue weighted by molar-refractivity contribution is 6.06. The van der Waals surface area contributed by atoms with Crippen molar-refractivity contribution in [3.05, 3.63) is 48.0 Å². The highest BCUT2D eigenvalue weighted by Crippen LogP contribution is 2.35. The third kappa shape index (κ3) is 4.96. The van der Waals surface area contributed by atoms with Gasteiger partial charge in [-0.15, -0.1) is 0 Å². The molecular weight excluding hydrogens is 417 g/mol. The van der Waals surface area contributed by atoms with Crippen molar-refractivity contribution < 1.29 is 37.0 Å². The standard InChI is InChI=1S/C21H19F3N2O5/c1-12(27)26-17(7-9-19(26)28)20(29)25-16-11-15(6-8-18(16)30-2)31-14-5-3-4-13(10-14)21(22,23)24/h3-6,8,10-11,17H,7,9H2,1-2H3,(H,25,29)/t17-/m0/s1. The minimum Gasteiger partial charge on any atom is -0.495 e. The zero-order valence-electron chi connectivity index (χ0n) is 16.7. The summed E-state index contributed by atoms with van der Waals surface area (Å²) in [4.78, 5) is 37.2. The molecule has 0 saturated carbocycles. The molecule has 0 radical (unpaired) electrons. The minimum atomic E-state index is -4.51. The number of halogens is 3. The Bertz CT molecular complexity index is 1020. The van der Waals surface area contributed by atoms with Crippen LogP contribution in [-0.4, -0.2) is 35.8 Å². The van der Waals surface area contributed by atoms with E-state index in [1.807, 2.05) is 0 Å².